The van der Waals surface area contributed by atoms with Gasteiger partial charge in [0.25, 0.3) is 5.91 Å². The highest BCUT2D eigenvalue weighted by Gasteiger charge is 2.31. The minimum atomic E-state index is -0.253. The van der Waals surface area contributed by atoms with E-state index in [1.807, 2.05) is 29.4 Å². The molecule has 0 saturated carbocycles. The monoisotopic (exact) mass is 506 g/mol. The summed E-state index contributed by atoms with van der Waals surface area (Å²) in [6, 6.07) is 3.60. The lowest BCUT2D eigenvalue weighted by Gasteiger charge is -2.14. The van der Waals surface area contributed by atoms with E-state index in [2.05, 4.69) is 32.1 Å². The molecule has 1 saturated heterocycles. The lowest BCUT2D eigenvalue weighted by atomic mass is 10.2. The molecule has 36 heavy (non-hydrogen) atoms. The maximum atomic E-state index is 13.0. The topological polar surface area (TPSA) is 121 Å². The number of aromatic nitrogens is 9. The summed E-state index contributed by atoms with van der Waals surface area (Å²) in [5.74, 6) is 0.642. The van der Waals surface area contributed by atoms with Crippen LogP contribution >= 0.6 is 11.6 Å². The van der Waals surface area contributed by atoms with Crippen LogP contribution in [-0.2, 0) is 13.6 Å². The number of hydrogen-bond donors (Lipinski definition) is 0. The third kappa shape index (κ3) is 3.73. The molecule has 1 amide bonds. The van der Waals surface area contributed by atoms with Crippen molar-refractivity contribution >= 4 is 34.3 Å². The average molecular weight is 507 g/mol. The molecular formula is C23H23ClN10O2. The Bertz CT molecular complexity index is 1620. The maximum Gasteiger partial charge on any atom is 0.318 e. The summed E-state index contributed by atoms with van der Waals surface area (Å²) < 4.78 is 11.4. The Kier molecular flexibility index (Phi) is 5.32. The highest BCUT2D eigenvalue weighted by atomic mass is 35.5. The van der Waals surface area contributed by atoms with E-state index in [0.29, 0.717) is 41.3 Å². The summed E-state index contributed by atoms with van der Waals surface area (Å²) in [4.78, 5) is 32.6. The number of halogens is 1. The Morgan fingerprint density at radius 3 is 2.92 bits per heavy atom. The zero-order chi connectivity index (χ0) is 25.0. The van der Waals surface area contributed by atoms with Gasteiger partial charge in [-0.25, -0.2) is 19.5 Å². The predicted octanol–water partition coefficient (Wildman–Crippen LogP) is 2.54. The van der Waals surface area contributed by atoms with Gasteiger partial charge in [-0.15, -0.1) is 5.10 Å². The molecule has 13 heteroatoms. The second-order valence-electron chi connectivity index (χ2n) is 8.68. The Morgan fingerprint density at radius 1 is 1.25 bits per heavy atom. The number of ether oxygens (including phenoxy) is 1. The van der Waals surface area contributed by atoms with Gasteiger partial charge in [-0.1, -0.05) is 11.6 Å². The van der Waals surface area contributed by atoms with Gasteiger partial charge in [-0.2, -0.15) is 10.1 Å². The number of nitrogens with zero attached hydrogens (tertiary/aromatic N) is 10. The van der Waals surface area contributed by atoms with E-state index in [1.165, 1.54) is 4.52 Å². The van der Waals surface area contributed by atoms with E-state index in [4.69, 9.17) is 21.3 Å². The molecule has 1 fully saturated rings. The number of carbonyl (C=O) groups excluding carboxylic acids is 1. The van der Waals surface area contributed by atoms with Crippen molar-refractivity contribution in [3.05, 3.63) is 47.3 Å². The number of amides is 1. The summed E-state index contributed by atoms with van der Waals surface area (Å²) in [7, 11) is 1.91. The minimum Gasteiger partial charge on any atom is -0.458 e. The fourth-order valence-electron chi connectivity index (χ4n) is 4.50. The lowest BCUT2D eigenvalue weighted by molar-refractivity contribution is 0.0758. The summed E-state index contributed by atoms with van der Waals surface area (Å²) in [5, 5.41) is 9.22. The number of aryl methyl sites for hydroxylation is 2. The SMILES string of the molecule is CCn1ncc(-c2nc3cnc(OC4CCN(C(=O)c5nc6cc(Cl)ccn6n5)C4)nc3n2C)c1C. The molecule has 184 valence electrons. The van der Waals surface area contributed by atoms with Crippen molar-refractivity contribution < 1.29 is 9.53 Å². The number of imidazole rings is 1. The van der Waals surface area contributed by atoms with Crippen LogP contribution in [0, 0.1) is 6.92 Å². The van der Waals surface area contributed by atoms with E-state index in [0.717, 1.165) is 23.6 Å². The number of likely N-dealkylation sites (tertiary alicyclic amines) is 1. The van der Waals surface area contributed by atoms with E-state index in [1.54, 1.807) is 29.4 Å². The van der Waals surface area contributed by atoms with Crippen LogP contribution < -0.4 is 4.74 Å². The van der Waals surface area contributed by atoms with Crippen LogP contribution in [0.15, 0.2) is 30.7 Å². The quantitative estimate of drug-likeness (QED) is 0.356. The van der Waals surface area contributed by atoms with Crippen LogP contribution in [0.4, 0.5) is 0 Å². The highest BCUT2D eigenvalue weighted by Crippen LogP contribution is 2.26. The van der Waals surface area contributed by atoms with Gasteiger partial charge in [0.2, 0.25) is 5.82 Å². The molecule has 0 aliphatic carbocycles. The van der Waals surface area contributed by atoms with Gasteiger partial charge in [0, 0.05) is 49.5 Å². The van der Waals surface area contributed by atoms with Crippen molar-refractivity contribution in [2.45, 2.75) is 32.9 Å². The standard InChI is InChI=1S/C23H23ClN10O2/c1-4-33-13(2)16(10-26-33)20-27-17-11-25-23(29-21(17)31(20)3)36-15-6-7-32(12-15)22(35)19-28-18-9-14(24)5-8-34(18)30-19/h5,8-11,15H,4,6-7,12H2,1-3H3. The second-order valence-corrected chi connectivity index (χ2v) is 9.11. The summed E-state index contributed by atoms with van der Waals surface area (Å²) in [6.07, 6.45) is 5.56. The van der Waals surface area contributed by atoms with Crippen LogP contribution in [0.1, 0.15) is 29.7 Å². The Balaban J connectivity index is 1.18. The first kappa shape index (κ1) is 22.4. The average Bonchev–Trinajstić information content (AvgIpc) is 3.65. The minimum absolute atomic E-state index is 0.125. The van der Waals surface area contributed by atoms with Crippen molar-refractivity contribution in [1.82, 2.24) is 48.8 Å². The first-order valence-electron chi connectivity index (χ1n) is 11.6. The van der Waals surface area contributed by atoms with E-state index < -0.39 is 0 Å². The third-order valence-corrected chi connectivity index (χ3v) is 6.66. The van der Waals surface area contributed by atoms with Crippen molar-refractivity contribution in [1.29, 1.82) is 0 Å². The molecule has 5 aromatic heterocycles. The van der Waals surface area contributed by atoms with E-state index in [-0.39, 0.29) is 23.8 Å². The molecule has 1 unspecified atom stereocenters. The largest absolute Gasteiger partial charge is 0.458 e. The fourth-order valence-corrected chi connectivity index (χ4v) is 4.65. The number of fused-ring (bicyclic) bond motifs is 2. The van der Waals surface area contributed by atoms with Gasteiger partial charge >= 0.3 is 6.01 Å². The fraction of sp³-hybridized carbons (Fsp3) is 0.348. The van der Waals surface area contributed by atoms with E-state index >= 15 is 0 Å². The number of rotatable bonds is 5. The number of carbonyl (C=O) groups is 1. The van der Waals surface area contributed by atoms with Crippen molar-refractivity contribution in [3.63, 3.8) is 0 Å². The number of hydrogen-bond acceptors (Lipinski definition) is 8. The molecule has 6 heterocycles. The zero-order valence-electron chi connectivity index (χ0n) is 20.0. The van der Waals surface area contributed by atoms with Crippen molar-refractivity contribution in [3.8, 4) is 17.4 Å². The first-order valence-corrected chi connectivity index (χ1v) is 12.0. The molecule has 12 nitrogen and oxygen atoms in total. The second kappa shape index (κ2) is 8.55. The molecule has 0 aromatic carbocycles. The van der Waals surface area contributed by atoms with Gasteiger partial charge in [0.15, 0.2) is 11.3 Å². The highest BCUT2D eigenvalue weighted by molar-refractivity contribution is 6.30. The predicted molar refractivity (Wildman–Crippen MR) is 131 cm³/mol. The van der Waals surface area contributed by atoms with Crippen LogP contribution in [-0.4, -0.2) is 73.9 Å². The normalized spacial score (nSPS) is 15.9. The van der Waals surface area contributed by atoms with Crippen LogP contribution in [0.25, 0.3) is 28.2 Å². The molecular weight excluding hydrogens is 484 g/mol. The van der Waals surface area contributed by atoms with Crippen molar-refractivity contribution in [2.75, 3.05) is 13.1 Å². The molecule has 1 atom stereocenters. The molecule has 0 radical (unpaired) electrons. The van der Waals surface area contributed by atoms with Crippen LogP contribution in [0.5, 0.6) is 6.01 Å². The Morgan fingerprint density at radius 2 is 2.11 bits per heavy atom. The lowest BCUT2D eigenvalue weighted by Crippen LogP contribution is -2.31. The van der Waals surface area contributed by atoms with Gasteiger partial charge in [-0.05, 0) is 19.9 Å². The molecule has 0 bridgehead atoms. The summed E-state index contributed by atoms with van der Waals surface area (Å²) in [5.41, 5.74) is 3.85. The molecule has 5 aromatic rings. The molecule has 1 aliphatic rings. The van der Waals surface area contributed by atoms with Crippen molar-refractivity contribution in [2.24, 2.45) is 7.05 Å². The molecule has 6 rings (SSSR count). The van der Waals surface area contributed by atoms with Gasteiger partial charge in [-0.3, -0.25) is 9.48 Å². The maximum absolute atomic E-state index is 13.0. The van der Waals surface area contributed by atoms with Crippen LogP contribution in [0.2, 0.25) is 5.02 Å². The smallest absolute Gasteiger partial charge is 0.318 e. The van der Waals surface area contributed by atoms with Gasteiger partial charge < -0.3 is 14.2 Å². The van der Waals surface area contributed by atoms with Crippen LogP contribution in [0.3, 0.4) is 0 Å². The zero-order valence-corrected chi connectivity index (χ0v) is 20.7. The molecule has 0 spiro atoms. The first-order chi connectivity index (χ1) is 17.4. The Hall–Kier alpha value is -4.06. The molecule has 1 aliphatic heterocycles. The molecule has 0 N–H and O–H groups in total. The summed E-state index contributed by atoms with van der Waals surface area (Å²) >= 11 is 6.01. The van der Waals surface area contributed by atoms with Gasteiger partial charge in [0.1, 0.15) is 17.4 Å². The third-order valence-electron chi connectivity index (χ3n) is 6.43. The van der Waals surface area contributed by atoms with Gasteiger partial charge in [0.05, 0.1) is 24.5 Å². The van der Waals surface area contributed by atoms with E-state index in [9.17, 15) is 4.79 Å². The summed E-state index contributed by atoms with van der Waals surface area (Å²) in [6.45, 7) is 5.78. The number of pyridine rings is 1. The Labute approximate surface area is 210 Å².